The van der Waals surface area contributed by atoms with Crippen LogP contribution < -0.4 is 5.32 Å². The van der Waals surface area contributed by atoms with Crippen molar-refractivity contribution in [3.05, 3.63) is 17.5 Å². The second-order valence-electron chi connectivity index (χ2n) is 4.46. The zero-order valence-corrected chi connectivity index (χ0v) is 10.0. The fourth-order valence-electron chi connectivity index (χ4n) is 2.13. The average molecular weight is 222 g/mol. The number of nitrogens with zero attached hydrogens (tertiary/aromatic N) is 3. The van der Waals surface area contributed by atoms with Crippen molar-refractivity contribution >= 4 is 6.03 Å². The van der Waals surface area contributed by atoms with Crippen molar-refractivity contribution in [3.8, 4) is 0 Å². The molecular formula is C11H18N4O. The van der Waals surface area contributed by atoms with Crippen molar-refractivity contribution < 1.29 is 4.79 Å². The first-order chi connectivity index (χ1) is 7.59. The summed E-state index contributed by atoms with van der Waals surface area (Å²) in [6.07, 6.45) is 5.03. The number of fused-ring (bicyclic) bond motifs is 1. The van der Waals surface area contributed by atoms with Crippen LogP contribution in [0.25, 0.3) is 0 Å². The maximum atomic E-state index is 11.6. The maximum Gasteiger partial charge on any atom is 0.317 e. The van der Waals surface area contributed by atoms with Crippen LogP contribution in [-0.2, 0) is 13.5 Å². The Kier molecular flexibility index (Phi) is 2.85. The number of hydrogen-bond acceptors (Lipinski definition) is 2. The third-order valence-electron chi connectivity index (χ3n) is 3.08. The lowest BCUT2D eigenvalue weighted by molar-refractivity contribution is 0.211. The van der Waals surface area contributed by atoms with Crippen LogP contribution in [0.2, 0.25) is 0 Å². The highest BCUT2D eigenvalue weighted by atomic mass is 16.2. The van der Waals surface area contributed by atoms with Crippen LogP contribution in [0.1, 0.15) is 30.1 Å². The van der Waals surface area contributed by atoms with Gasteiger partial charge in [-0.05, 0) is 19.3 Å². The van der Waals surface area contributed by atoms with Gasteiger partial charge in [0, 0.05) is 32.4 Å². The molecule has 2 rings (SSSR count). The molecular weight excluding hydrogens is 204 g/mol. The Morgan fingerprint density at radius 3 is 3.06 bits per heavy atom. The Hall–Kier alpha value is -1.52. The van der Waals surface area contributed by atoms with E-state index in [9.17, 15) is 4.79 Å². The van der Waals surface area contributed by atoms with Crippen molar-refractivity contribution in [2.45, 2.75) is 25.3 Å². The van der Waals surface area contributed by atoms with Crippen molar-refractivity contribution in [1.82, 2.24) is 20.0 Å². The van der Waals surface area contributed by atoms with E-state index in [4.69, 9.17) is 0 Å². The molecule has 0 radical (unpaired) electrons. The van der Waals surface area contributed by atoms with Crippen LogP contribution in [0.5, 0.6) is 0 Å². The lowest BCUT2D eigenvalue weighted by Crippen LogP contribution is -2.38. The summed E-state index contributed by atoms with van der Waals surface area (Å²) < 4.78 is 1.91. The Morgan fingerprint density at radius 1 is 1.62 bits per heavy atom. The Bertz CT molecular complexity index is 397. The molecule has 88 valence electrons. The van der Waals surface area contributed by atoms with Gasteiger partial charge in [-0.2, -0.15) is 5.10 Å². The number of carbonyl (C=O) groups excluding carboxylic acids is 1. The molecule has 1 aliphatic rings. The summed E-state index contributed by atoms with van der Waals surface area (Å²) >= 11 is 0. The Balaban J connectivity index is 2.16. The normalized spacial score (nSPS) is 19.1. The molecule has 16 heavy (non-hydrogen) atoms. The summed E-state index contributed by atoms with van der Waals surface area (Å²) in [4.78, 5) is 13.2. The molecule has 0 aromatic carbocycles. The summed E-state index contributed by atoms with van der Waals surface area (Å²) in [5.41, 5.74) is 2.42. The van der Waals surface area contributed by atoms with Gasteiger partial charge in [-0.3, -0.25) is 4.68 Å². The molecule has 5 nitrogen and oxygen atoms in total. The lowest BCUT2D eigenvalue weighted by atomic mass is 9.93. The molecule has 1 atom stereocenters. The van der Waals surface area contributed by atoms with E-state index in [1.165, 1.54) is 11.3 Å². The van der Waals surface area contributed by atoms with Gasteiger partial charge in [-0.25, -0.2) is 4.79 Å². The second kappa shape index (κ2) is 4.15. The zero-order chi connectivity index (χ0) is 11.7. The molecule has 0 saturated heterocycles. The second-order valence-corrected chi connectivity index (χ2v) is 4.46. The van der Waals surface area contributed by atoms with E-state index >= 15 is 0 Å². The van der Waals surface area contributed by atoms with Gasteiger partial charge in [0.1, 0.15) is 0 Å². The van der Waals surface area contributed by atoms with Gasteiger partial charge in [0.25, 0.3) is 0 Å². The predicted octanol–water partition coefficient (Wildman–Crippen LogP) is 1.07. The van der Waals surface area contributed by atoms with Crippen molar-refractivity contribution in [3.63, 3.8) is 0 Å². The van der Waals surface area contributed by atoms with E-state index in [-0.39, 0.29) is 12.1 Å². The summed E-state index contributed by atoms with van der Waals surface area (Å²) in [6.45, 7) is 0. The monoisotopic (exact) mass is 222 g/mol. The van der Waals surface area contributed by atoms with Crippen LogP contribution in [-0.4, -0.2) is 34.8 Å². The topological polar surface area (TPSA) is 50.2 Å². The van der Waals surface area contributed by atoms with Crippen molar-refractivity contribution in [2.75, 3.05) is 14.1 Å². The molecule has 1 aromatic heterocycles. The summed E-state index contributed by atoms with van der Waals surface area (Å²) in [5, 5.41) is 7.27. The number of aryl methyl sites for hydroxylation is 1. The number of rotatable bonds is 1. The molecule has 1 N–H and O–H groups in total. The number of nitrogens with one attached hydrogen (secondary N) is 1. The van der Waals surface area contributed by atoms with Gasteiger partial charge in [-0.1, -0.05) is 0 Å². The maximum absolute atomic E-state index is 11.6. The van der Waals surface area contributed by atoms with Gasteiger partial charge in [0.15, 0.2) is 0 Å². The number of aromatic nitrogens is 2. The van der Waals surface area contributed by atoms with Gasteiger partial charge in [0.2, 0.25) is 0 Å². The van der Waals surface area contributed by atoms with Crippen LogP contribution >= 0.6 is 0 Å². The summed E-state index contributed by atoms with van der Waals surface area (Å²) in [6, 6.07) is 0.0778. The van der Waals surface area contributed by atoms with E-state index in [2.05, 4.69) is 10.4 Å². The molecule has 1 unspecified atom stereocenters. The minimum atomic E-state index is -0.0401. The number of amides is 2. The first kappa shape index (κ1) is 11.0. The standard InChI is InChI=1S/C11H18N4O/c1-14(2)11(16)13-9-5-4-6-10-8(9)7-12-15(10)3/h7,9H,4-6H2,1-3H3,(H,13,16). The quantitative estimate of drug-likeness (QED) is 0.772. The van der Waals surface area contributed by atoms with Crippen LogP contribution in [0.3, 0.4) is 0 Å². The molecule has 2 amide bonds. The minimum Gasteiger partial charge on any atom is -0.331 e. The molecule has 1 aliphatic carbocycles. The molecule has 0 saturated carbocycles. The molecule has 0 bridgehead atoms. The van der Waals surface area contributed by atoms with Crippen LogP contribution in [0, 0.1) is 0 Å². The van der Waals surface area contributed by atoms with E-state index in [0.29, 0.717) is 0 Å². The number of hydrogen-bond donors (Lipinski definition) is 1. The highest BCUT2D eigenvalue weighted by Crippen LogP contribution is 2.29. The third kappa shape index (κ3) is 1.89. The zero-order valence-electron chi connectivity index (χ0n) is 10.0. The largest absolute Gasteiger partial charge is 0.331 e. The highest BCUT2D eigenvalue weighted by molar-refractivity contribution is 5.74. The van der Waals surface area contributed by atoms with Crippen molar-refractivity contribution in [1.29, 1.82) is 0 Å². The van der Waals surface area contributed by atoms with E-state index < -0.39 is 0 Å². The molecule has 0 aliphatic heterocycles. The summed E-state index contributed by atoms with van der Waals surface area (Å²) in [5.74, 6) is 0. The Morgan fingerprint density at radius 2 is 2.38 bits per heavy atom. The highest BCUT2D eigenvalue weighted by Gasteiger charge is 2.24. The number of carbonyl (C=O) groups is 1. The summed E-state index contributed by atoms with van der Waals surface area (Å²) in [7, 11) is 5.46. The van der Waals surface area contributed by atoms with Gasteiger partial charge in [0.05, 0.1) is 12.2 Å². The SMILES string of the molecule is CN(C)C(=O)NC1CCCc2c1cnn2C. The van der Waals surface area contributed by atoms with Crippen molar-refractivity contribution in [2.24, 2.45) is 7.05 Å². The fourth-order valence-corrected chi connectivity index (χ4v) is 2.13. The first-order valence-electron chi connectivity index (χ1n) is 5.58. The molecule has 0 spiro atoms. The number of urea groups is 1. The third-order valence-corrected chi connectivity index (χ3v) is 3.08. The van der Waals surface area contributed by atoms with E-state index in [0.717, 1.165) is 19.3 Å². The molecule has 1 heterocycles. The van der Waals surface area contributed by atoms with Gasteiger partial charge in [-0.15, -0.1) is 0 Å². The van der Waals surface area contributed by atoms with E-state index in [1.54, 1.807) is 19.0 Å². The minimum absolute atomic E-state index is 0.0401. The fraction of sp³-hybridized carbons (Fsp3) is 0.636. The first-order valence-corrected chi connectivity index (χ1v) is 5.58. The van der Waals surface area contributed by atoms with E-state index in [1.807, 2.05) is 17.9 Å². The van der Waals surface area contributed by atoms with Crippen LogP contribution in [0.15, 0.2) is 6.20 Å². The molecule has 1 aromatic rings. The average Bonchev–Trinajstić information content (AvgIpc) is 2.62. The van der Waals surface area contributed by atoms with Crippen LogP contribution in [0.4, 0.5) is 4.79 Å². The van der Waals surface area contributed by atoms with Gasteiger partial charge >= 0.3 is 6.03 Å². The Labute approximate surface area is 95.4 Å². The molecule has 0 fully saturated rings. The lowest BCUT2D eigenvalue weighted by Gasteiger charge is -2.25. The predicted molar refractivity (Wildman–Crippen MR) is 61.1 cm³/mol. The van der Waals surface area contributed by atoms with Gasteiger partial charge < -0.3 is 10.2 Å². The smallest absolute Gasteiger partial charge is 0.317 e. The molecule has 5 heteroatoms.